The summed E-state index contributed by atoms with van der Waals surface area (Å²) >= 11 is 3.03. The number of anilines is 1. The van der Waals surface area contributed by atoms with Crippen molar-refractivity contribution < 1.29 is 17.9 Å². The van der Waals surface area contributed by atoms with Gasteiger partial charge < -0.3 is 10.1 Å². The molecule has 118 valence electrons. The largest absolute Gasteiger partial charge is 0.408 e. The van der Waals surface area contributed by atoms with E-state index >= 15 is 0 Å². The van der Waals surface area contributed by atoms with Gasteiger partial charge in [-0.05, 0) is 35.7 Å². The number of ether oxygens (including phenoxy) is 1. The summed E-state index contributed by atoms with van der Waals surface area (Å²) in [6.45, 7) is 1.18. The minimum atomic E-state index is -4.49. The lowest BCUT2D eigenvalue weighted by Gasteiger charge is -2.21. The van der Waals surface area contributed by atoms with Crippen LogP contribution in [0.4, 0.5) is 18.9 Å². The van der Waals surface area contributed by atoms with Gasteiger partial charge in [0.2, 0.25) is 0 Å². The van der Waals surface area contributed by atoms with Gasteiger partial charge in [-0.3, -0.25) is 4.79 Å². The van der Waals surface area contributed by atoms with Gasteiger partial charge in [-0.15, -0.1) is 0 Å². The van der Waals surface area contributed by atoms with Gasteiger partial charge in [0.25, 0.3) is 5.56 Å². The zero-order chi connectivity index (χ0) is 15.6. The normalized spacial score (nSPS) is 20.5. The molecule has 2 atom stereocenters. The first-order chi connectivity index (χ1) is 9.78. The quantitative estimate of drug-likeness (QED) is 0.885. The topological polar surface area (TPSA) is 56.2 Å². The maximum atomic E-state index is 12.3. The Morgan fingerprint density at radius 3 is 2.90 bits per heavy atom. The van der Waals surface area contributed by atoms with Crippen molar-refractivity contribution in [2.24, 2.45) is 0 Å². The second-order valence-corrected chi connectivity index (χ2v) is 5.73. The molecule has 1 N–H and O–H groups in total. The highest BCUT2D eigenvalue weighted by atomic mass is 79.9. The van der Waals surface area contributed by atoms with Crippen LogP contribution in [0.15, 0.2) is 15.5 Å². The van der Waals surface area contributed by atoms with Gasteiger partial charge in [0.1, 0.15) is 11.0 Å². The number of rotatable bonds is 4. The summed E-state index contributed by atoms with van der Waals surface area (Å²) in [6.07, 6.45) is -1.37. The molecule has 1 aliphatic rings. The van der Waals surface area contributed by atoms with E-state index in [2.05, 4.69) is 26.3 Å². The van der Waals surface area contributed by atoms with E-state index in [0.29, 0.717) is 17.0 Å². The Kier molecular flexibility index (Phi) is 4.92. The smallest absolute Gasteiger partial charge is 0.378 e. The Balaban J connectivity index is 2.14. The molecule has 1 fully saturated rings. The monoisotopic (exact) mass is 369 g/mol. The van der Waals surface area contributed by atoms with E-state index in [0.717, 1.165) is 12.8 Å². The number of hydrogen-bond acceptors (Lipinski definition) is 4. The Morgan fingerprint density at radius 2 is 2.33 bits per heavy atom. The number of alkyl halides is 3. The summed E-state index contributed by atoms with van der Waals surface area (Å²) in [5.41, 5.74) is -0.460. The van der Waals surface area contributed by atoms with Crippen LogP contribution in [0, 0.1) is 0 Å². The van der Waals surface area contributed by atoms with Crippen molar-refractivity contribution in [1.29, 1.82) is 0 Å². The molecule has 2 unspecified atom stereocenters. The lowest BCUT2D eigenvalue weighted by atomic mass is 10.1. The molecule has 1 aromatic heterocycles. The van der Waals surface area contributed by atoms with Crippen LogP contribution >= 0.6 is 15.9 Å². The van der Waals surface area contributed by atoms with Gasteiger partial charge >= 0.3 is 6.18 Å². The van der Waals surface area contributed by atoms with Crippen LogP contribution in [-0.2, 0) is 11.3 Å². The van der Waals surface area contributed by atoms with Gasteiger partial charge in [0.05, 0.1) is 18.0 Å². The zero-order valence-electron chi connectivity index (χ0n) is 11.3. The molecule has 0 saturated carbocycles. The fourth-order valence-electron chi connectivity index (χ4n) is 2.18. The summed E-state index contributed by atoms with van der Waals surface area (Å²) in [4.78, 5) is 11.9. The van der Waals surface area contributed by atoms with Crippen molar-refractivity contribution in [2.45, 2.75) is 44.6 Å². The third-order valence-electron chi connectivity index (χ3n) is 3.22. The molecular weight excluding hydrogens is 355 g/mol. The molecule has 1 saturated heterocycles. The average Bonchev–Trinajstić information content (AvgIpc) is 2.91. The molecule has 21 heavy (non-hydrogen) atoms. The van der Waals surface area contributed by atoms with E-state index in [1.807, 2.05) is 6.92 Å². The first-order valence-electron chi connectivity index (χ1n) is 6.48. The van der Waals surface area contributed by atoms with Crippen molar-refractivity contribution in [1.82, 2.24) is 9.78 Å². The van der Waals surface area contributed by atoms with Gasteiger partial charge in [-0.2, -0.15) is 18.3 Å². The number of aromatic nitrogens is 2. The van der Waals surface area contributed by atoms with E-state index in [1.54, 1.807) is 0 Å². The van der Waals surface area contributed by atoms with Gasteiger partial charge in [-0.1, -0.05) is 0 Å². The van der Waals surface area contributed by atoms with E-state index < -0.39 is 18.3 Å². The molecule has 1 aliphatic heterocycles. The number of halogens is 4. The summed E-state index contributed by atoms with van der Waals surface area (Å²) in [7, 11) is 0. The molecule has 0 aromatic carbocycles. The lowest BCUT2D eigenvalue weighted by Crippen LogP contribution is -2.34. The summed E-state index contributed by atoms with van der Waals surface area (Å²) < 4.78 is 42.9. The Labute approximate surface area is 127 Å². The van der Waals surface area contributed by atoms with E-state index in [4.69, 9.17) is 4.74 Å². The summed E-state index contributed by atoms with van der Waals surface area (Å²) in [5.74, 6) is 0. The second-order valence-electron chi connectivity index (χ2n) is 4.93. The van der Waals surface area contributed by atoms with Crippen molar-refractivity contribution in [2.75, 3.05) is 11.9 Å². The lowest BCUT2D eigenvalue weighted by molar-refractivity contribution is -0.143. The highest BCUT2D eigenvalue weighted by molar-refractivity contribution is 9.10. The zero-order valence-corrected chi connectivity index (χ0v) is 12.9. The van der Waals surface area contributed by atoms with Gasteiger partial charge in [0.15, 0.2) is 0 Å². The predicted octanol–water partition coefficient (Wildman–Crippen LogP) is 2.55. The Bertz CT molecular complexity index is 556. The minimum Gasteiger partial charge on any atom is -0.378 e. The third-order valence-corrected chi connectivity index (χ3v) is 3.99. The summed E-state index contributed by atoms with van der Waals surface area (Å²) in [5, 5.41) is 6.61. The molecule has 5 nitrogen and oxygen atoms in total. The molecule has 0 bridgehead atoms. The molecular formula is C12H15BrF3N3O2. The molecule has 0 aliphatic carbocycles. The van der Waals surface area contributed by atoms with Gasteiger partial charge in [0, 0.05) is 12.6 Å². The van der Waals surface area contributed by atoms with Crippen LogP contribution in [0.1, 0.15) is 19.8 Å². The van der Waals surface area contributed by atoms with Crippen molar-refractivity contribution in [3.8, 4) is 0 Å². The van der Waals surface area contributed by atoms with Crippen molar-refractivity contribution in [3.05, 3.63) is 21.0 Å². The van der Waals surface area contributed by atoms with E-state index in [1.165, 1.54) is 6.20 Å². The number of nitrogens with zero attached hydrogens (tertiary/aromatic N) is 2. The van der Waals surface area contributed by atoms with E-state index in [9.17, 15) is 18.0 Å². The molecule has 2 heterocycles. The number of nitrogens with one attached hydrogen (secondary N) is 1. The first-order valence-corrected chi connectivity index (χ1v) is 7.28. The maximum Gasteiger partial charge on any atom is 0.408 e. The Hall–Kier alpha value is -1.09. The van der Waals surface area contributed by atoms with Crippen LogP contribution in [0.5, 0.6) is 0 Å². The van der Waals surface area contributed by atoms with Crippen LogP contribution in [0.25, 0.3) is 0 Å². The highest BCUT2D eigenvalue weighted by Crippen LogP contribution is 2.23. The standard InChI is InChI=1S/C12H15BrF3N3O2/c1-7(9-3-2-4-21-9)18-8-5-17-19(6-12(14,15)16)11(20)10(8)13/h5,7,9,18H,2-4,6H2,1H3. The molecule has 9 heteroatoms. The van der Waals surface area contributed by atoms with Crippen molar-refractivity contribution >= 4 is 21.6 Å². The Morgan fingerprint density at radius 1 is 1.62 bits per heavy atom. The fourth-order valence-corrected chi connectivity index (χ4v) is 2.60. The van der Waals surface area contributed by atoms with Crippen LogP contribution in [0.2, 0.25) is 0 Å². The minimum absolute atomic E-state index is 0.0227. The predicted molar refractivity (Wildman–Crippen MR) is 74.3 cm³/mol. The SMILES string of the molecule is CC(Nc1cnn(CC(F)(F)F)c(=O)c1Br)C1CCCO1. The second kappa shape index (κ2) is 6.35. The third kappa shape index (κ3) is 4.19. The first kappa shape index (κ1) is 16.3. The highest BCUT2D eigenvalue weighted by Gasteiger charge is 2.30. The van der Waals surface area contributed by atoms with Gasteiger partial charge in [-0.25, -0.2) is 4.68 Å². The molecule has 0 radical (unpaired) electrons. The van der Waals surface area contributed by atoms with E-state index in [-0.39, 0.29) is 16.6 Å². The maximum absolute atomic E-state index is 12.3. The number of hydrogen-bond donors (Lipinski definition) is 1. The molecule has 2 rings (SSSR count). The summed E-state index contributed by atoms with van der Waals surface area (Å²) in [6, 6.07) is -0.0662. The molecule has 0 amide bonds. The van der Waals surface area contributed by atoms with Crippen LogP contribution < -0.4 is 10.9 Å². The fraction of sp³-hybridized carbons (Fsp3) is 0.667. The average molecular weight is 370 g/mol. The van der Waals surface area contributed by atoms with Crippen LogP contribution in [-0.4, -0.2) is 34.7 Å². The van der Waals surface area contributed by atoms with Crippen LogP contribution in [0.3, 0.4) is 0 Å². The molecule has 1 aromatic rings. The van der Waals surface area contributed by atoms with Crippen molar-refractivity contribution in [3.63, 3.8) is 0 Å². The molecule has 0 spiro atoms.